The number of nitrogens with zero attached hydrogens (tertiary/aromatic N) is 2. The van der Waals surface area contributed by atoms with E-state index in [0.29, 0.717) is 12.5 Å². The monoisotopic (exact) mass is 351 g/mol. The summed E-state index contributed by atoms with van der Waals surface area (Å²) in [4.78, 5) is 4.55. The Balaban J connectivity index is 1.60. The fraction of sp³-hybridized carbons (Fsp3) is 0.200. The van der Waals surface area contributed by atoms with Crippen LogP contribution in [0.1, 0.15) is 19.4 Å². The highest BCUT2D eigenvalue weighted by atomic mass is 32.1. The van der Waals surface area contributed by atoms with Crippen molar-refractivity contribution in [2.75, 3.05) is 12.0 Å². The molecule has 0 unspecified atom stereocenters. The highest BCUT2D eigenvalue weighted by Crippen LogP contribution is 2.24. The molecule has 0 amide bonds. The van der Waals surface area contributed by atoms with Gasteiger partial charge >= 0.3 is 0 Å². The Morgan fingerprint density at radius 2 is 2.00 bits per heavy atom. The molecule has 1 N–H and O–H groups in total. The number of benzene rings is 2. The van der Waals surface area contributed by atoms with Crippen LogP contribution in [0.15, 0.2) is 65.1 Å². The van der Waals surface area contributed by atoms with Crippen LogP contribution >= 0.6 is 11.3 Å². The molecular formula is C20H21N3OS. The molecule has 0 radical (unpaired) electrons. The van der Waals surface area contributed by atoms with Gasteiger partial charge in [-0.25, -0.2) is 4.98 Å². The number of thiazole rings is 1. The molecule has 3 rings (SSSR count). The van der Waals surface area contributed by atoms with Crippen molar-refractivity contribution in [2.45, 2.75) is 13.8 Å². The summed E-state index contributed by atoms with van der Waals surface area (Å²) in [5.41, 5.74) is 6.02. The maximum absolute atomic E-state index is 5.73. The molecule has 4 nitrogen and oxygen atoms in total. The molecule has 1 heterocycles. The number of ether oxygens (including phenoxy) is 1. The van der Waals surface area contributed by atoms with Crippen LogP contribution in [-0.2, 0) is 0 Å². The van der Waals surface area contributed by atoms with Crippen LogP contribution in [0.3, 0.4) is 0 Å². The molecule has 25 heavy (non-hydrogen) atoms. The molecular weight excluding hydrogens is 330 g/mol. The van der Waals surface area contributed by atoms with Gasteiger partial charge in [-0.3, -0.25) is 5.43 Å². The minimum absolute atomic E-state index is 0.503. The van der Waals surface area contributed by atoms with E-state index in [9.17, 15) is 0 Å². The first-order chi connectivity index (χ1) is 12.2. The molecule has 0 spiro atoms. The van der Waals surface area contributed by atoms with Crippen LogP contribution in [0.2, 0.25) is 0 Å². The zero-order valence-electron chi connectivity index (χ0n) is 14.3. The van der Waals surface area contributed by atoms with Crippen molar-refractivity contribution in [1.29, 1.82) is 0 Å². The van der Waals surface area contributed by atoms with Crippen molar-refractivity contribution in [3.8, 4) is 17.0 Å². The Hall–Kier alpha value is -2.66. The van der Waals surface area contributed by atoms with Crippen LogP contribution in [-0.4, -0.2) is 17.8 Å². The van der Waals surface area contributed by atoms with E-state index >= 15 is 0 Å². The molecule has 5 heteroatoms. The van der Waals surface area contributed by atoms with E-state index in [-0.39, 0.29) is 0 Å². The predicted octanol–water partition coefficient (Wildman–Crippen LogP) is 5.29. The zero-order chi connectivity index (χ0) is 17.5. The van der Waals surface area contributed by atoms with Crippen molar-refractivity contribution >= 4 is 22.7 Å². The van der Waals surface area contributed by atoms with E-state index < -0.39 is 0 Å². The Bertz CT molecular complexity index is 828. The van der Waals surface area contributed by atoms with Gasteiger partial charge in [-0.1, -0.05) is 56.3 Å². The highest BCUT2D eigenvalue weighted by molar-refractivity contribution is 7.14. The lowest BCUT2D eigenvalue weighted by Gasteiger charge is -2.08. The van der Waals surface area contributed by atoms with Crippen molar-refractivity contribution in [3.05, 3.63) is 65.5 Å². The molecule has 0 saturated heterocycles. The first kappa shape index (κ1) is 17.2. The lowest BCUT2D eigenvalue weighted by molar-refractivity contribution is 0.271. The Morgan fingerprint density at radius 3 is 2.80 bits per heavy atom. The number of rotatable bonds is 7. The average molecular weight is 351 g/mol. The van der Waals surface area contributed by atoms with Crippen molar-refractivity contribution in [3.63, 3.8) is 0 Å². The van der Waals surface area contributed by atoms with E-state index in [4.69, 9.17) is 4.74 Å². The fourth-order valence-electron chi connectivity index (χ4n) is 2.18. The predicted molar refractivity (Wildman–Crippen MR) is 106 cm³/mol. The van der Waals surface area contributed by atoms with E-state index in [2.05, 4.69) is 29.4 Å². The van der Waals surface area contributed by atoms with Gasteiger partial charge in [0.15, 0.2) is 0 Å². The minimum atomic E-state index is 0.503. The highest BCUT2D eigenvalue weighted by Gasteiger charge is 2.03. The van der Waals surface area contributed by atoms with Crippen LogP contribution in [0.4, 0.5) is 5.13 Å². The van der Waals surface area contributed by atoms with Crippen LogP contribution < -0.4 is 10.2 Å². The Morgan fingerprint density at radius 1 is 1.16 bits per heavy atom. The van der Waals surface area contributed by atoms with Crippen molar-refractivity contribution in [1.82, 2.24) is 4.98 Å². The average Bonchev–Trinajstić information content (AvgIpc) is 3.10. The first-order valence-electron chi connectivity index (χ1n) is 8.23. The molecule has 0 aliphatic rings. The van der Waals surface area contributed by atoms with E-state index in [1.54, 1.807) is 6.21 Å². The quantitative estimate of drug-likeness (QED) is 0.465. The van der Waals surface area contributed by atoms with Crippen molar-refractivity contribution < 1.29 is 4.74 Å². The van der Waals surface area contributed by atoms with Gasteiger partial charge in [-0.2, -0.15) is 5.10 Å². The van der Waals surface area contributed by atoms with Gasteiger partial charge in [0, 0.05) is 10.9 Å². The number of aromatic nitrogens is 1. The van der Waals surface area contributed by atoms with Gasteiger partial charge in [0.2, 0.25) is 5.13 Å². The second-order valence-electron chi connectivity index (χ2n) is 6.05. The number of hydrogen-bond acceptors (Lipinski definition) is 5. The number of hydrogen-bond donors (Lipinski definition) is 1. The van der Waals surface area contributed by atoms with Gasteiger partial charge < -0.3 is 4.74 Å². The van der Waals surface area contributed by atoms with E-state index in [0.717, 1.165) is 27.7 Å². The Labute approximate surface area is 152 Å². The maximum atomic E-state index is 5.73. The molecule has 0 fully saturated rings. The van der Waals surface area contributed by atoms with Gasteiger partial charge in [0.25, 0.3) is 0 Å². The fourth-order valence-corrected chi connectivity index (χ4v) is 2.84. The van der Waals surface area contributed by atoms with Gasteiger partial charge in [-0.15, -0.1) is 11.3 Å². The summed E-state index contributed by atoms with van der Waals surface area (Å²) >= 11 is 1.53. The van der Waals surface area contributed by atoms with E-state index in [1.807, 2.05) is 60.0 Å². The second-order valence-corrected chi connectivity index (χ2v) is 6.91. The third kappa shape index (κ3) is 5.16. The number of hydrazone groups is 1. The molecule has 1 aromatic heterocycles. The smallest absolute Gasteiger partial charge is 0.203 e. The van der Waals surface area contributed by atoms with Gasteiger partial charge in [-0.05, 0) is 23.6 Å². The van der Waals surface area contributed by atoms with Gasteiger partial charge in [0.1, 0.15) is 5.75 Å². The minimum Gasteiger partial charge on any atom is -0.493 e. The summed E-state index contributed by atoms with van der Waals surface area (Å²) in [6, 6.07) is 18.0. The lowest BCUT2D eigenvalue weighted by Crippen LogP contribution is -2.04. The normalized spacial score (nSPS) is 11.2. The third-order valence-electron chi connectivity index (χ3n) is 3.39. The molecule has 0 aliphatic heterocycles. The summed E-state index contributed by atoms with van der Waals surface area (Å²) in [6.07, 6.45) is 1.77. The summed E-state index contributed by atoms with van der Waals surface area (Å²) in [6.45, 7) is 4.97. The third-order valence-corrected chi connectivity index (χ3v) is 4.14. The molecule has 3 aromatic rings. The summed E-state index contributed by atoms with van der Waals surface area (Å²) in [7, 11) is 0. The molecule has 0 saturated carbocycles. The van der Waals surface area contributed by atoms with Gasteiger partial charge in [0.05, 0.1) is 18.5 Å². The zero-order valence-corrected chi connectivity index (χ0v) is 15.2. The molecule has 0 bridgehead atoms. The number of nitrogens with one attached hydrogen (secondary N) is 1. The second kappa shape index (κ2) is 8.44. The summed E-state index contributed by atoms with van der Waals surface area (Å²) in [5, 5.41) is 7.06. The molecule has 0 aliphatic carbocycles. The van der Waals surface area contributed by atoms with E-state index in [1.165, 1.54) is 11.3 Å². The first-order valence-corrected chi connectivity index (χ1v) is 9.11. The largest absolute Gasteiger partial charge is 0.493 e. The molecule has 128 valence electrons. The molecule has 2 aromatic carbocycles. The number of anilines is 1. The van der Waals surface area contributed by atoms with Crippen molar-refractivity contribution in [2.24, 2.45) is 11.0 Å². The molecule has 0 atom stereocenters. The SMILES string of the molecule is CC(C)COc1cccc(/C=N\Nc2nc(-c3ccccc3)cs2)c1. The standard InChI is InChI=1S/C20H21N3OS/c1-15(2)13-24-18-10-6-7-16(11-18)12-21-23-20-22-19(14-25-20)17-8-4-3-5-9-17/h3-12,14-15H,13H2,1-2H3,(H,22,23)/b21-12-. The van der Waals surface area contributed by atoms with Crippen LogP contribution in [0.25, 0.3) is 11.3 Å². The lowest BCUT2D eigenvalue weighted by atomic mass is 10.2. The van der Waals surface area contributed by atoms with Crippen LogP contribution in [0, 0.1) is 5.92 Å². The van der Waals surface area contributed by atoms with Crippen LogP contribution in [0.5, 0.6) is 5.75 Å². The summed E-state index contributed by atoms with van der Waals surface area (Å²) in [5.74, 6) is 1.36. The Kier molecular flexibility index (Phi) is 5.80. The summed E-state index contributed by atoms with van der Waals surface area (Å²) < 4.78 is 5.73. The topological polar surface area (TPSA) is 46.5 Å². The maximum Gasteiger partial charge on any atom is 0.203 e.